The first-order valence-electron chi connectivity index (χ1n) is 5.68. The van der Waals surface area contributed by atoms with E-state index in [9.17, 15) is 8.78 Å². The quantitative estimate of drug-likeness (QED) is 0.777. The molecular formula is C14H13BrF2N2. The third-order valence-electron chi connectivity index (χ3n) is 2.77. The summed E-state index contributed by atoms with van der Waals surface area (Å²) in [7, 11) is 0. The van der Waals surface area contributed by atoms with Gasteiger partial charge in [0.25, 0.3) is 6.43 Å². The maximum atomic E-state index is 13.0. The van der Waals surface area contributed by atoms with Crippen LogP contribution in [0.3, 0.4) is 0 Å². The number of halogens is 3. The molecule has 0 heterocycles. The summed E-state index contributed by atoms with van der Waals surface area (Å²) in [4.78, 5) is 0. The molecule has 0 saturated heterocycles. The van der Waals surface area contributed by atoms with Crippen LogP contribution in [-0.2, 0) is 0 Å². The monoisotopic (exact) mass is 326 g/mol. The molecule has 0 bridgehead atoms. The van der Waals surface area contributed by atoms with Crippen molar-refractivity contribution in [2.45, 2.75) is 13.3 Å². The summed E-state index contributed by atoms with van der Waals surface area (Å²) in [5.74, 6) is 0. The molecule has 0 spiro atoms. The van der Waals surface area contributed by atoms with Gasteiger partial charge in [-0.15, -0.1) is 0 Å². The van der Waals surface area contributed by atoms with Crippen molar-refractivity contribution in [3.63, 3.8) is 0 Å². The van der Waals surface area contributed by atoms with E-state index in [2.05, 4.69) is 21.2 Å². The summed E-state index contributed by atoms with van der Waals surface area (Å²) in [6.45, 7) is 1.94. The first-order valence-corrected chi connectivity index (χ1v) is 6.48. The van der Waals surface area contributed by atoms with Gasteiger partial charge in [0.05, 0.1) is 5.69 Å². The van der Waals surface area contributed by atoms with Crippen LogP contribution in [0.1, 0.15) is 17.6 Å². The van der Waals surface area contributed by atoms with Gasteiger partial charge in [0.2, 0.25) is 0 Å². The number of nitrogens with two attached hydrogens (primary N) is 1. The molecule has 0 aliphatic carbocycles. The third-order valence-corrected chi connectivity index (χ3v) is 3.82. The van der Waals surface area contributed by atoms with E-state index in [4.69, 9.17) is 5.73 Å². The number of nitrogen functional groups attached to an aromatic ring is 1. The molecule has 0 saturated carbocycles. The largest absolute Gasteiger partial charge is 0.399 e. The molecule has 2 rings (SSSR count). The van der Waals surface area contributed by atoms with Crippen LogP contribution in [0.2, 0.25) is 0 Å². The Morgan fingerprint density at radius 3 is 2.58 bits per heavy atom. The molecule has 2 nitrogen and oxygen atoms in total. The second-order valence-corrected chi connectivity index (χ2v) is 5.00. The lowest BCUT2D eigenvalue weighted by Crippen LogP contribution is -1.99. The summed E-state index contributed by atoms with van der Waals surface area (Å²) < 4.78 is 26.8. The topological polar surface area (TPSA) is 38.0 Å². The Morgan fingerprint density at radius 2 is 1.89 bits per heavy atom. The standard InChI is InChI=1S/C14H13BrF2N2/c1-8-3-2-4-12(13(8)15)19-11-6-5-9(18)7-10(11)14(16)17/h2-7,14,19H,18H2,1H3. The second kappa shape index (κ2) is 5.57. The van der Waals surface area contributed by atoms with Gasteiger partial charge in [-0.3, -0.25) is 0 Å². The highest BCUT2D eigenvalue weighted by Crippen LogP contribution is 2.34. The van der Waals surface area contributed by atoms with E-state index in [1.165, 1.54) is 6.07 Å². The second-order valence-electron chi connectivity index (χ2n) is 4.21. The number of rotatable bonds is 3. The Hall–Kier alpha value is -1.62. The van der Waals surface area contributed by atoms with Crippen LogP contribution in [0, 0.1) is 6.92 Å². The first kappa shape index (κ1) is 13.8. The molecule has 19 heavy (non-hydrogen) atoms. The maximum absolute atomic E-state index is 13.0. The van der Waals surface area contributed by atoms with Crippen molar-refractivity contribution in [3.8, 4) is 0 Å². The van der Waals surface area contributed by atoms with E-state index >= 15 is 0 Å². The van der Waals surface area contributed by atoms with Gasteiger partial charge in [-0.2, -0.15) is 0 Å². The average molecular weight is 327 g/mol. The Morgan fingerprint density at radius 1 is 1.16 bits per heavy atom. The molecule has 0 aliphatic rings. The minimum atomic E-state index is -2.57. The van der Waals surface area contributed by atoms with Gasteiger partial charge in [-0.05, 0) is 52.7 Å². The van der Waals surface area contributed by atoms with Crippen molar-refractivity contribution in [2.75, 3.05) is 11.1 Å². The highest BCUT2D eigenvalue weighted by Gasteiger charge is 2.14. The predicted molar refractivity (Wildman–Crippen MR) is 78.0 cm³/mol. The predicted octanol–water partition coefficient (Wildman–Crippen LogP) is 5.02. The van der Waals surface area contributed by atoms with Gasteiger partial charge in [-0.1, -0.05) is 12.1 Å². The molecule has 0 unspecified atom stereocenters. The zero-order valence-corrected chi connectivity index (χ0v) is 11.8. The number of hydrogen-bond donors (Lipinski definition) is 2. The number of hydrogen-bond acceptors (Lipinski definition) is 2. The van der Waals surface area contributed by atoms with Gasteiger partial charge in [0, 0.05) is 21.4 Å². The zero-order valence-electron chi connectivity index (χ0n) is 10.3. The van der Waals surface area contributed by atoms with Crippen molar-refractivity contribution >= 4 is 33.0 Å². The molecule has 0 aromatic heterocycles. The Balaban J connectivity index is 2.41. The lowest BCUT2D eigenvalue weighted by molar-refractivity contribution is 0.152. The number of nitrogens with one attached hydrogen (secondary N) is 1. The minimum absolute atomic E-state index is 0.103. The highest BCUT2D eigenvalue weighted by atomic mass is 79.9. The smallest absolute Gasteiger partial charge is 0.265 e. The lowest BCUT2D eigenvalue weighted by Gasteiger charge is -2.14. The fourth-order valence-electron chi connectivity index (χ4n) is 1.76. The molecule has 100 valence electrons. The number of benzene rings is 2. The Labute approximate surface area is 118 Å². The lowest BCUT2D eigenvalue weighted by atomic mass is 10.1. The van der Waals surface area contributed by atoms with Gasteiger partial charge < -0.3 is 11.1 Å². The molecule has 2 aromatic rings. The van der Waals surface area contributed by atoms with Gasteiger partial charge in [0.15, 0.2) is 0 Å². The molecule has 3 N–H and O–H groups in total. The average Bonchev–Trinajstić information content (AvgIpc) is 2.36. The number of anilines is 3. The van der Waals surface area contributed by atoms with Crippen molar-refractivity contribution < 1.29 is 8.78 Å². The molecule has 0 atom stereocenters. The maximum Gasteiger partial charge on any atom is 0.265 e. The van der Waals surface area contributed by atoms with Crippen LogP contribution in [0.4, 0.5) is 25.8 Å². The van der Waals surface area contributed by atoms with E-state index in [-0.39, 0.29) is 5.56 Å². The third kappa shape index (κ3) is 3.04. The summed E-state index contributed by atoms with van der Waals surface area (Å²) in [5.41, 5.74) is 7.89. The van der Waals surface area contributed by atoms with Crippen molar-refractivity contribution in [1.82, 2.24) is 0 Å². The van der Waals surface area contributed by atoms with Crippen LogP contribution in [0.5, 0.6) is 0 Å². The van der Waals surface area contributed by atoms with Gasteiger partial charge in [-0.25, -0.2) is 8.78 Å². The minimum Gasteiger partial charge on any atom is -0.399 e. The molecule has 0 aliphatic heterocycles. The molecule has 0 fully saturated rings. The molecule has 0 radical (unpaired) electrons. The zero-order chi connectivity index (χ0) is 14.0. The first-order chi connectivity index (χ1) is 8.99. The van der Waals surface area contributed by atoms with Crippen molar-refractivity contribution in [2.24, 2.45) is 0 Å². The molecule has 0 amide bonds. The molecule has 5 heteroatoms. The van der Waals surface area contributed by atoms with Crippen LogP contribution in [0.25, 0.3) is 0 Å². The van der Waals surface area contributed by atoms with E-state index in [1.807, 2.05) is 25.1 Å². The number of alkyl halides is 2. The SMILES string of the molecule is Cc1cccc(Nc2ccc(N)cc2C(F)F)c1Br. The highest BCUT2D eigenvalue weighted by molar-refractivity contribution is 9.10. The van der Waals surface area contributed by atoms with Crippen LogP contribution >= 0.6 is 15.9 Å². The van der Waals surface area contributed by atoms with E-state index < -0.39 is 6.43 Å². The normalized spacial score (nSPS) is 10.8. The molecular weight excluding hydrogens is 314 g/mol. The van der Waals surface area contributed by atoms with Crippen LogP contribution in [-0.4, -0.2) is 0 Å². The van der Waals surface area contributed by atoms with Crippen molar-refractivity contribution in [1.29, 1.82) is 0 Å². The summed E-state index contributed by atoms with van der Waals surface area (Å²) in [6, 6.07) is 10.1. The summed E-state index contributed by atoms with van der Waals surface area (Å²) in [6.07, 6.45) is -2.57. The summed E-state index contributed by atoms with van der Waals surface area (Å²) >= 11 is 3.44. The summed E-state index contributed by atoms with van der Waals surface area (Å²) in [5, 5.41) is 3.01. The van der Waals surface area contributed by atoms with Gasteiger partial charge in [0.1, 0.15) is 0 Å². The fraction of sp³-hybridized carbons (Fsp3) is 0.143. The molecule has 2 aromatic carbocycles. The van der Waals surface area contributed by atoms with E-state index in [1.54, 1.807) is 12.1 Å². The van der Waals surface area contributed by atoms with E-state index in [0.29, 0.717) is 11.4 Å². The van der Waals surface area contributed by atoms with Crippen molar-refractivity contribution in [3.05, 3.63) is 52.0 Å². The number of aryl methyl sites for hydroxylation is 1. The Kier molecular flexibility index (Phi) is 4.04. The fourth-order valence-corrected chi connectivity index (χ4v) is 2.13. The van der Waals surface area contributed by atoms with Gasteiger partial charge >= 0.3 is 0 Å². The van der Waals surface area contributed by atoms with E-state index in [0.717, 1.165) is 15.7 Å². The Bertz CT molecular complexity index is 600. The van der Waals surface area contributed by atoms with Crippen LogP contribution in [0.15, 0.2) is 40.9 Å². The van der Waals surface area contributed by atoms with Crippen LogP contribution < -0.4 is 11.1 Å².